The number of rotatable bonds is 6. The van der Waals surface area contributed by atoms with Crippen molar-refractivity contribution in [2.24, 2.45) is 0 Å². The molecule has 0 atom stereocenters. The Morgan fingerprint density at radius 1 is 1.25 bits per heavy atom. The van der Waals surface area contributed by atoms with Crippen molar-refractivity contribution in [3.05, 3.63) is 29.8 Å². The molecule has 0 aliphatic rings. The topological polar surface area (TPSA) is 42.3 Å². The summed E-state index contributed by atoms with van der Waals surface area (Å²) in [5, 5.41) is 6.68. The second-order valence-electron chi connectivity index (χ2n) is 4.31. The summed E-state index contributed by atoms with van der Waals surface area (Å²) >= 11 is 0. The summed E-state index contributed by atoms with van der Waals surface area (Å²) in [6.45, 7) is 6.71. The van der Waals surface area contributed by atoms with Gasteiger partial charge in [0, 0.05) is 0 Å². The highest BCUT2D eigenvalue weighted by Crippen LogP contribution is 2.27. The summed E-state index contributed by atoms with van der Waals surface area (Å²) in [7, 11) is 0. The van der Waals surface area contributed by atoms with E-state index in [9.17, 15) is 0 Å². The van der Waals surface area contributed by atoms with Crippen LogP contribution < -0.4 is 4.74 Å². The molecule has 1 rings (SSSR count). The van der Waals surface area contributed by atoms with Gasteiger partial charge < -0.3 is 9.47 Å². The fourth-order valence-electron chi connectivity index (χ4n) is 1.34. The first-order chi connectivity index (χ1) is 7.60. The Balaban J connectivity index is 2.64. The lowest BCUT2D eigenvalue weighted by molar-refractivity contribution is 0.115. The third-order valence-electron chi connectivity index (χ3n) is 2.90. The van der Waals surface area contributed by atoms with Crippen LogP contribution in [0.1, 0.15) is 32.8 Å². The monoisotopic (exact) mass is 221 g/mol. The standard InChI is InChI=1S/C13H19NO2/c1-4-13(2,3)11-5-7-12(8-6-11)16-10-15-9-14/h5-9,14H,4,10H2,1-3H3. The molecule has 0 saturated heterocycles. The van der Waals surface area contributed by atoms with Crippen LogP contribution in [0, 0.1) is 5.41 Å². The van der Waals surface area contributed by atoms with E-state index in [1.165, 1.54) is 5.56 Å². The van der Waals surface area contributed by atoms with Crippen LogP contribution in [0.25, 0.3) is 0 Å². The van der Waals surface area contributed by atoms with Gasteiger partial charge in [-0.05, 0) is 29.5 Å². The van der Waals surface area contributed by atoms with Gasteiger partial charge in [-0.1, -0.05) is 32.9 Å². The fourth-order valence-corrected chi connectivity index (χ4v) is 1.34. The summed E-state index contributed by atoms with van der Waals surface area (Å²) in [5.41, 5.74) is 1.50. The van der Waals surface area contributed by atoms with Crippen molar-refractivity contribution in [1.29, 1.82) is 5.41 Å². The number of ether oxygens (including phenoxy) is 2. The fraction of sp³-hybridized carbons (Fsp3) is 0.462. The second-order valence-corrected chi connectivity index (χ2v) is 4.31. The first-order valence-electron chi connectivity index (χ1n) is 5.44. The van der Waals surface area contributed by atoms with Gasteiger partial charge in [-0.2, -0.15) is 0 Å². The Morgan fingerprint density at radius 3 is 2.38 bits per heavy atom. The van der Waals surface area contributed by atoms with Crippen LogP contribution in [0.2, 0.25) is 0 Å². The minimum absolute atomic E-state index is 0.0834. The van der Waals surface area contributed by atoms with Gasteiger partial charge in [0.05, 0.1) is 0 Å². The molecule has 0 aromatic heterocycles. The van der Waals surface area contributed by atoms with E-state index in [4.69, 9.17) is 10.1 Å². The molecule has 0 amide bonds. The molecular formula is C13H19NO2. The first-order valence-corrected chi connectivity index (χ1v) is 5.44. The lowest BCUT2D eigenvalue weighted by atomic mass is 9.82. The molecule has 0 heterocycles. The Bertz CT molecular complexity index is 330. The Labute approximate surface area is 96.9 Å². The predicted octanol–water partition coefficient (Wildman–Crippen LogP) is 3.33. The summed E-state index contributed by atoms with van der Waals surface area (Å²) in [6, 6.07) is 8.01. The molecule has 3 nitrogen and oxygen atoms in total. The maximum atomic E-state index is 6.68. The molecule has 1 N–H and O–H groups in total. The predicted molar refractivity (Wildman–Crippen MR) is 65.1 cm³/mol. The Kier molecular flexibility index (Phi) is 4.35. The van der Waals surface area contributed by atoms with Crippen LogP contribution in [0.3, 0.4) is 0 Å². The SMILES string of the molecule is CCC(C)(C)c1ccc(OCOC=N)cc1. The molecule has 0 aliphatic heterocycles. The number of hydrogen-bond donors (Lipinski definition) is 1. The van der Waals surface area contributed by atoms with Crippen molar-refractivity contribution in [2.45, 2.75) is 32.6 Å². The average Bonchev–Trinajstić information content (AvgIpc) is 2.30. The van der Waals surface area contributed by atoms with Gasteiger partial charge in [-0.25, -0.2) is 0 Å². The number of nitrogens with one attached hydrogen (secondary N) is 1. The average molecular weight is 221 g/mol. The molecule has 0 unspecified atom stereocenters. The maximum absolute atomic E-state index is 6.68. The van der Waals surface area contributed by atoms with Crippen LogP contribution in [-0.2, 0) is 10.2 Å². The van der Waals surface area contributed by atoms with E-state index in [2.05, 4.69) is 37.6 Å². The molecule has 3 heteroatoms. The summed E-state index contributed by atoms with van der Waals surface area (Å²) in [5.74, 6) is 0.762. The van der Waals surface area contributed by atoms with Crippen molar-refractivity contribution in [2.75, 3.05) is 6.79 Å². The maximum Gasteiger partial charge on any atom is 0.231 e. The van der Waals surface area contributed by atoms with E-state index < -0.39 is 0 Å². The summed E-state index contributed by atoms with van der Waals surface area (Å²) in [4.78, 5) is 0. The van der Waals surface area contributed by atoms with E-state index >= 15 is 0 Å². The van der Waals surface area contributed by atoms with E-state index in [1.807, 2.05) is 12.1 Å². The van der Waals surface area contributed by atoms with Crippen molar-refractivity contribution < 1.29 is 9.47 Å². The normalized spacial score (nSPS) is 10.9. The third kappa shape index (κ3) is 3.26. The smallest absolute Gasteiger partial charge is 0.231 e. The van der Waals surface area contributed by atoms with Gasteiger partial charge in [-0.3, -0.25) is 5.41 Å². The molecule has 0 radical (unpaired) electrons. The van der Waals surface area contributed by atoms with Crippen LogP contribution >= 0.6 is 0 Å². The molecule has 1 aromatic carbocycles. The highest BCUT2D eigenvalue weighted by atomic mass is 16.7. The molecular weight excluding hydrogens is 202 g/mol. The van der Waals surface area contributed by atoms with Gasteiger partial charge >= 0.3 is 0 Å². The van der Waals surface area contributed by atoms with Crippen molar-refractivity contribution in [3.63, 3.8) is 0 Å². The zero-order valence-electron chi connectivity index (χ0n) is 10.1. The Hall–Kier alpha value is -1.51. The highest BCUT2D eigenvalue weighted by Gasteiger charge is 2.17. The summed E-state index contributed by atoms with van der Waals surface area (Å²) < 4.78 is 9.95. The van der Waals surface area contributed by atoms with Crippen molar-refractivity contribution in [3.8, 4) is 5.75 Å². The number of benzene rings is 1. The van der Waals surface area contributed by atoms with Gasteiger partial charge in [-0.15, -0.1) is 0 Å². The minimum atomic E-state index is 0.0834. The second kappa shape index (κ2) is 5.54. The van der Waals surface area contributed by atoms with Crippen LogP contribution in [0.5, 0.6) is 5.75 Å². The van der Waals surface area contributed by atoms with Crippen LogP contribution in [-0.4, -0.2) is 13.2 Å². The quantitative estimate of drug-likeness (QED) is 0.346. The largest absolute Gasteiger partial charge is 0.457 e. The molecule has 88 valence electrons. The third-order valence-corrected chi connectivity index (χ3v) is 2.90. The van der Waals surface area contributed by atoms with E-state index in [1.54, 1.807) is 0 Å². The molecule has 0 bridgehead atoms. The lowest BCUT2D eigenvalue weighted by Crippen LogP contribution is -2.15. The Morgan fingerprint density at radius 2 is 1.88 bits per heavy atom. The van der Waals surface area contributed by atoms with E-state index in [-0.39, 0.29) is 12.2 Å². The highest BCUT2D eigenvalue weighted by molar-refractivity contribution is 5.40. The van der Waals surface area contributed by atoms with Crippen LogP contribution in [0.15, 0.2) is 24.3 Å². The first kappa shape index (κ1) is 12.6. The molecule has 0 fully saturated rings. The van der Waals surface area contributed by atoms with Crippen molar-refractivity contribution >= 4 is 6.40 Å². The van der Waals surface area contributed by atoms with Gasteiger partial charge in [0.15, 0.2) is 6.40 Å². The molecule has 0 saturated carbocycles. The van der Waals surface area contributed by atoms with E-state index in [0.717, 1.165) is 18.6 Å². The molecule has 16 heavy (non-hydrogen) atoms. The molecule has 1 aromatic rings. The van der Waals surface area contributed by atoms with Crippen molar-refractivity contribution in [1.82, 2.24) is 0 Å². The zero-order valence-corrected chi connectivity index (χ0v) is 10.1. The summed E-state index contributed by atoms with van der Waals surface area (Å²) in [6.07, 6.45) is 1.97. The lowest BCUT2D eigenvalue weighted by Gasteiger charge is -2.23. The molecule has 0 aliphatic carbocycles. The van der Waals surface area contributed by atoms with Gasteiger partial charge in [0.2, 0.25) is 6.79 Å². The van der Waals surface area contributed by atoms with Crippen LogP contribution in [0.4, 0.5) is 0 Å². The van der Waals surface area contributed by atoms with E-state index in [0.29, 0.717) is 0 Å². The van der Waals surface area contributed by atoms with Gasteiger partial charge in [0.1, 0.15) is 5.75 Å². The number of hydrogen-bond acceptors (Lipinski definition) is 3. The zero-order chi connectivity index (χ0) is 12.0. The van der Waals surface area contributed by atoms with Gasteiger partial charge in [0.25, 0.3) is 0 Å². The molecule has 0 spiro atoms. The minimum Gasteiger partial charge on any atom is -0.457 e.